The molecule has 3 aromatic heterocycles. The van der Waals surface area contributed by atoms with Crippen molar-refractivity contribution in [3.63, 3.8) is 0 Å². The van der Waals surface area contributed by atoms with Crippen LogP contribution in [0.25, 0.3) is 17.3 Å². The lowest BCUT2D eigenvalue weighted by molar-refractivity contribution is -0.137. The van der Waals surface area contributed by atoms with Crippen LogP contribution in [-0.2, 0) is 11.9 Å². The van der Waals surface area contributed by atoms with Gasteiger partial charge in [0.25, 0.3) is 5.91 Å². The van der Waals surface area contributed by atoms with Crippen molar-refractivity contribution < 1.29 is 31.2 Å². The van der Waals surface area contributed by atoms with Gasteiger partial charge in [0.2, 0.25) is 11.7 Å². The lowest BCUT2D eigenvalue weighted by Gasteiger charge is -2.12. The van der Waals surface area contributed by atoms with Crippen LogP contribution >= 0.6 is 11.8 Å². The number of amides is 1. The average molecular weight is 529 g/mol. The molecule has 37 heavy (non-hydrogen) atoms. The smallest absolute Gasteiger partial charge is 0.416 e. The minimum atomic E-state index is -4.54. The van der Waals surface area contributed by atoms with Crippen molar-refractivity contribution in [1.29, 1.82) is 0 Å². The Balaban J connectivity index is 1.39. The molecule has 8 nitrogen and oxygen atoms in total. The Bertz CT molecular complexity index is 1550. The van der Waals surface area contributed by atoms with Gasteiger partial charge in [-0.2, -0.15) is 13.2 Å². The molecule has 3 heterocycles. The molecule has 13 heteroatoms. The van der Waals surface area contributed by atoms with E-state index in [9.17, 15) is 22.4 Å². The van der Waals surface area contributed by atoms with Gasteiger partial charge in [0.15, 0.2) is 16.6 Å². The summed E-state index contributed by atoms with van der Waals surface area (Å²) in [6, 6.07) is 13.6. The highest BCUT2D eigenvalue weighted by atomic mass is 32.2. The molecule has 0 saturated carbocycles. The molecular formula is C24H15F4N5O3S. The molecule has 0 fully saturated rings. The number of hydrogen-bond acceptors (Lipinski definition) is 7. The summed E-state index contributed by atoms with van der Waals surface area (Å²) in [5, 5.41) is 10.8. The van der Waals surface area contributed by atoms with Gasteiger partial charge >= 0.3 is 6.18 Å². The largest absolute Gasteiger partial charge is 0.461 e. The highest BCUT2D eigenvalue weighted by molar-refractivity contribution is 7.98. The highest BCUT2D eigenvalue weighted by Gasteiger charge is 2.31. The molecule has 0 aliphatic rings. The average Bonchev–Trinajstić information content (AvgIpc) is 3.64. The third-order valence-corrected chi connectivity index (χ3v) is 5.95. The molecule has 0 bridgehead atoms. The maximum atomic E-state index is 13.8. The second-order valence-electron chi connectivity index (χ2n) is 7.52. The minimum Gasteiger partial charge on any atom is -0.461 e. The van der Waals surface area contributed by atoms with Gasteiger partial charge in [-0.25, -0.2) is 9.37 Å². The van der Waals surface area contributed by atoms with E-state index in [2.05, 4.69) is 20.5 Å². The normalized spacial score (nSPS) is 11.6. The number of halogens is 4. The van der Waals surface area contributed by atoms with E-state index in [0.717, 1.165) is 30.2 Å². The number of carbonyl (C=O) groups is 1. The van der Waals surface area contributed by atoms with Gasteiger partial charge in [-0.3, -0.25) is 9.36 Å². The lowest BCUT2D eigenvalue weighted by atomic mass is 10.2. The number of alkyl halides is 3. The third-order valence-electron chi connectivity index (χ3n) is 5.04. The summed E-state index contributed by atoms with van der Waals surface area (Å²) < 4.78 is 66.0. The van der Waals surface area contributed by atoms with E-state index < -0.39 is 23.5 Å². The zero-order valence-electron chi connectivity index (χ0n) is 18.6. The second-order valence-corrected chi connectivity index (χ2v) is 8.46. The quantitative estimate of drug-likeness (QED) is 0.197. The van der Waals surface area contributed by atoms with Crippen molar-refractivity contribution in [2.75, 3.05) is 5.32 Å². The molecule has 0 aliphatic carbocycles. The zero-order valence-corrected chi connectivity index (χ0v) is 19.4. The van der Waals surface area contributed by atoms with Crippen molar-refractivity contribution in [2.24, 2.45) is 0 Å². The Hall–Kier alpha value is -4.39. The van der Waals surface area contributed by atoms with E-state index in [0.29, 0.717) is 5.76 Å². The Morgan fingerprint density at radius 3 is 2.62 bits per heavy atom. The Morgan fingerprint density at radius 2 is 1.86 bits per heavy atom. The van der Waals surface area contributed by atoms with Crippen molar-refractivity contribution in [1.82, 2.24) is 19.7 Å². The molecule has 0 atom stereocenters. The van der Waals surface area contributed by atoms with Crippen LogP contribution in [0.15, 0.2) is 87.2 Å². The zero-order chi connectivity index (χ0) is 26.0. The van der Waals surface area contributed by atoms with E-state index in [1.54, 1.807) is 18.2 Å². The first-order valence-corrected chi connectivity index (χ1v) is 11.6. The molecule has 0 aliphatic heterocycles. The van der Waals surface area contributed by atoms with Crippen molar-refractivity contribution in [3.05, 3.63) is 96.2 Å². The van der Waals surface area contributed by atoms with Crippen LogP contribution in [0.5, 0.6) is 0 Å². The number of furan rings is 1. The fraction of sp³-hybridized carbons (Fsp3) is 0.0833. The first-order chi connectivity index (χ1) is 17.8. The molecule has 0 spiro atoms. The fourth-order valence-corrected chi connectivity index (χ4v) is 4.14. The van der Waals surface area contributed by atoms with Gasteiger partial charge < -0.3 is 14.2 Å². The Labute approximate surface area is 210 Å². The molecule has 0 radical (unpaired) electrons. The monoisotopic (exact) mass is 529 g/mol. The summed E-state index contributed by atoms with van der Waals surface area (Å²) in [5.74, 6) is -0.554. The van der Waals surface area contributed by atoms with Crippen molar-refractivity contribution in [3.8, 4) is 17.3 Å². The molecule has 0 saturated heterocycles. The summed E-state index contributed by atoms with van der Waals surface area (Å²) in [5.41, 5.74) is -0.745. The molecular weight excluding hydrogens is 514 g/mol. The predicted molar refractivity (Wildman–Crippen MR) is 124 cm³/mol. The van der Waals surface area contributed by atoms with Crippen molar-refractivity contribution in [2.45, 2.75) is 17.1 Å². The number of carbonyl (C=O) groups excluding carboxylic acids is 1. The SMILES string of the molecule is O=C(Nc1ccccc1F)c1coc(CSc2nnc(-c3ccco3)n2-c2cccc(C(F)(F)F)c2)n1. The number of nitrogens with zero attached hydrogens (tertiary/aromatic N) is 4. The van der Waals surface area contributed by atoms with E-state index >= 15 is 0 Å². The standard InChI is InChI=1S/C24H15F4N5O3S/c25-16-7-1-2-8-17(16)30-22(34)18-12-36-20(29-18)13-37-23-32-31-21(19-9-4-10-35-19)33(23)15-6-3-5-14(11-15)24(26,27)28/h1-12H,13H2,(H,30,34). The molecule has 5 rings (SSSR count). The molecule has 0 unspecified atom stereocenters. The minimum absolute atomic E-state index is 0.00827. The maximum absolute atomic E-state index is 13.8. The molecule has 2 aromatic carbocycles. The summed E-state index contributed by atoms with van der Waals surface area (Å²) >= 11 is 1.08. The number of aromatic nitrogens is 4. The fourth-order valence-electron chi connectivity index (χ4n) is 3.34. The number of oxazole rings is 1. The van der Waals surface area contributed by atoms with Gasteiger partial charge in [-0.05, 0) is 42.5 Å². The van der Waals surface area contributed by atoms with Crippen LogP contribution in [0.4, 0.5) is 23.2 Å². The van der Waals surface area contributed by atoms with Gasteiger partial charge in [-0.15, -0.1) is 10.2 Å². The highest BCUT2D eigenvalue weighted by Crippen LogP contribution is 2.34. The molecule has 5 aromatic rings. The number of nitrogens with one attached hydrogen (secondary N) is 1. The number of rotatable bonds is 7. The van der Waals surface area contributed by atoms with Gasteiger partial charge in [-0.1, -0.05) is 30.0 Å². The second kappa shape index (κ2) is 9.93. The number of anilines is 1. The number of para-hydroxylation sites is 1. The summed E-state index contributed by atoms with van der Waals surface area (Å²) in [7, 11) is 0. The third kappa shape index (κ3) is 5.26. The van der Waals surface area contributed by atoms with Crippen LogP contribution in [-0.4, -0.2) is 25.7 Å². The van der Waals surface area contributed by atoms with E-state index in [4.69, 9.17) is 8.83 Å². The topological polar surface area (TPSA) is 99.0 Å². The van der Waals surface area contributed by atoms with Gasteiger partial charge in [0.1, 0.15) is 12.1 Å². The molecule has 188 valence electrons. The summed E-state index contributed by atoms with van der Waals surface area (Å²) in [6.07, 6.45) is -2.01. The van der Waals surface area contributed by atoms with Crippen LogP contribution in [0.2, 0.25) is 0 Å². The van der Waals surface area contributed by atoms with Gasteiger partial charge in [0.05, 0.1) is 29.0 Å². The Kier molecular flexibility index (Phi) is 6.53. The van der Waals surface area contributed by atoms with Crippen molar-refractivity contribution >= 4 is 23.4 Å². The number of hydrogen-bond donors (Lipinski definition) is 1. The molecule has 1 N–H and O–H groups in total. The number of benzene rings is 2. The van der Waals surface area contributed by atoms with Gasteiger partial charge in [0, 0.05) is 0 Å². The number of thioether (sulfide) groups is 1. The van der Waals surface area contributed by atoms with Crippen LogP contribution in [0.3, 0.4) is 0 Å². The lowest BCUT2D eigenvalue weighted by Crippen LogP contribution is -2.13. The first kappa shape index (κ1) is 24.3. The molecule has 1 amide bonds. The van der Waals surface area contributed by atoms with E-state index in [-0.39, 0.29) is 39.7 Å². The maximum Gasteiger partial charge on any atom is 0.416 e. The predicted octanol–water partition coefficient (Wildman–Crippen LogP) is 6.22. The van der Waals surface area contributed by atoms with Crippen LogP contribution in [0.1, 0.15) is 21.9 Å². The van der Waals surface area contributed by atoms with E-state index in [1.165, 1.54) is 41.2 Å². The summed E-state index contributed by atoms with van der Waals surface area (Å²) in [4.78, 5) is 16.5. The first-order valence-electron chi connectivity index (χ1n) is 10.6. The Morgan fingerprint density at radius 1 is 1.03 bits per heavy atom. The van der Waals surface area contributed by atoms with E-state index in [1.807, 2.05) is 0 Å². The van der Waals surface area contributed by atoms with Crippen LogP contribution in [0, 0.1) is 5.82 Å². The summed E-state index contributed by atoms with van der Waals surface area (Å²) in [6.45, 7) is 0. The van der Waals surface area contributed by atoms with Crippen LogP contribution < -0.4 is 5.32 Å².